The summed E-state index contributed by atoms with van der Waals surface area (Å²) in [6, 6.07) is 6.18. The van der Waals surface area contributed by atoms with Gasteiger partial charge < -0.3 is 34.3 Å². The first-order chi connectivity index (χ1) is 15.2. The van der Waals surface area contributed by atoms with E-state index in [0.29, 0.717) is 32.9 Å². The van der Waals surface area contributed by atoms with Crippen molar-refractivity contribution in [3.05, 3.63) is 23.8 Å². The summed E-state index contributed by atoms with van der Waals surface area (Å²) in [4.78, 5) is 7.27. The van der Waals surface area contributed by atoms with Crippen LogP contribution in [0, 0.1) is 0 Å². The van der Waals surface area contributed by atoms with E-state index in [1.807, 2.05) is 12.1 Å². The molecular weight excluding hydrogens is 400 g/mol. The van der Waals surface area contributed by atoms with E-state index in [-0.39, 0.29) is 6.04 Å². The molecule has 0 amide bonds. The van der Waals surface area contributed by atoms with Crippen molar-refractivity contribution in [3.8, 4) is 11.5 Å². The largest absolute Gasteiger partial charge is 0.493 e. The van der Waals surface area contributed by atoms with Gasteiger partial charge in [-0.2, -0.15) is 0 Å². The van der Waals surface area contributed by atoms with E-state index in [2.05, 4.69) is 28.5 Å². The van der Waals surface area contributed by atoms with Crippen molar-refractivity contribution in [2.24, 2.45) is 4.99 Å². The van der Waals surface area contributed by atoms with Crippen molar-refractivity contribution in [2.45, 2.75) is 13.0 Å². The Morgan fingerprint density at radius 2 is 1.84 bits per heavy atom. The molecule has 31 heavy (non-hydrogen) atoms. The molecule has 1 aromatic carbocycles. The van der Waals surface area contributed by atoms with Gasteiger partial charge in [0.05, 0.1) is 59.8 Å². The quantitative estimate of drug-likeness (QED) is 0.271. The molecule has 1 aromatic rings. The second-order valence-corrected chi connectivity index (χ2v) is 7.03. The Balaban J connectivity index is 2.09. The van der Waals surface area contributed by atoms with Gasteiger partial charge in [-0.25, -0.2) is 0 Å². The van der Waals surface area contributed by atoms with Gasteiger partial charge in [0.1, 0.15) is 0 Å². The third-order valence-corrected chi connectivity index (χ3v) is 5.02. The first kappa shape index (κ1) is 25.2. The van der Waals surface area contributed by atoms with Crippen molar-refractivity contribution in [1.29, 1.82) is 0 Å². The monoisotopic (exact) mass is 438 g/mol. The molecule has 1 saturated heterocycles. The average Bonchev–Trinajstić information content (AvgIpc) is 2.81. The molecule has 1 atom stereocenters. The van der Waals surface area contributed by atoms with E-state index in [1.54, 1.807) is 21.3 Å². The van der Waals surface area contributed by atoms with Crippen LogP contribution < -0.4 is 20.1 Å². The Labute approximate surface area is 186 Å². The highest BCUT2D eigenvalue weighted by atomic mass is 16.5. The summed E-state index contributed by atoms with van der Waals surface area (Å²) >= 11 is 0. The Kier molecular flexibility index (Phi) is 12.1. The molecule has 0 aliphatic carbocycles. The van der Waals surface area contributed by atoms with Crippen LogP contribution in [0.5, 0.6) is 11.5 Å². The van der Waals surface area contributed by atoms with Crippen molar-refractivity contribution in [1.82, 2.24) is 15.5 Å². The minimum absolute atomic E-state index is 0.108. The van der Waals surface area contributed by atoms with E-state index in [1.165, 1.54) is 0 Å². The molecule has 0 radical (unpaired) electrons. The molecule has 1 fully saturated rings. The summed E-state index contributed by atoms with van der Waals surface area (Å²) in [5, 5.41) is 6.64. The number of hydrogen-bond acceptors (Lipinski definition) is 7. The van der Waals surface area contributed by atoms with E-state index in [0.717, 1.165) is 55.9 Å². The van der Waals surface area contributed by atoms with Crippen molar-refractivity contribution >= 4 is 5.96 Å². The van der Waals surface area contributed by atoms with Crippen LogP contribution in [0.2, 0.25) is 0 Å². The van der Waals surface area contributed by atoms with Crippen LogP contribution in [0.25, 0.3) is 0 Å². The lowest BCUT2D eigenvalue weighted by Crippen LogP contribution is -2.42. The van der Waals surface area contributed by atoms with Gasteiger partial charge in [-0.15, -0.1) is 0 Å². The fourth-order valence-corrected chi connectivity index (χ4v) is 3.39. The number of benzene rings is 1. The smallest absolute Gasteiger partial charge is 0.191 e. The standard InChI is InChI=1S/C22H38N4O5/c1-5-23-22(24-8-11-30-15-14-27-2)25-17-19(26-9-12-31-13-10-26)18-6-7-20(28-3)21(16-18)29-4/h6-7,16,19H,5,8-15,17H2,1-4H3,(H2,23,24,25). The van der Waals surface area contributed by atoms with Crippen LogP contribution >= 0.6 is 0 Å². The maximum atomic E-state index is 5.56. The third-order valence-electron chi connectivity index (χ3n) is 5.02. The summed E-state index contributed by atoms with van der Waals surface area (Å²) in [7, 11) is 4.97. The van der Waals surface area contributed by atoms with Gasteiger partial charge in [0.15, 0.2) is 17.5 Å². The highest BCUT2D eigenvalue weighted by molar-refractivity contribution is 5.79. The molecule has 0 aromatic heterocycles. The first-order valence-corrected chi connectivity index (χ1v) is 10.9. The lowest BCUT2D eigenvalue weighted by atomic mass is 10.0. The predicted molar refractivity (Wildman–Crippen MR) is 121 cm³/mol. The number of aliphatic imine (C=N–C) groups is 1. The van der Waals surface area contributed by atoms with Gasteiger partial charge in [-0.3, -0.25) is 9.89 Å². The maximum absolute atomic E-state index is 5.56. The third kappa shape index (κ3) is 8.53. The van der Waals surface area contributed by atoms with Crippen molar-refractivity contribution in [2.75, 3.05) is 87.1 Å². The summed E-state index contributed by atoms with van der Waals surface area (Å²) < 4.78 is 27.0. The highest BCUT2D eigenvalue weighted by Crippen LogP contribution is 2.32. The molecule has 0 spiro atoms. The van der Waals surface area contributed by atoms with Crippen LogP contribution in [0.4, 0.5) is 0 Å². The molecule has 9 heteroatoms. The van der Waals surface area contributed by atoms with Gasteiger partial charge in [-0.05, 0) is 24.6 Å². The number of guanidine groups is 1. The summed E-state index contributed by atoms with van der Waals surface area (Å²) in [5.41, 5.74) is 1.14. The Morgan fingerprint density at radius 3 is 2.52 bits per heavy atom. The highest BCUT2D eigenvalue weighted by Gasteiger charge is 2.24. The van der Waals surface area contributed by atoms with Crippen LogP contribution in [0.15, 0.2) is 23.2 Å². The lowest BCUT2D eigenvalue weighted by molar-refractivity contribution is 0.0179. The summed E-state index contributed by atoms with van der Waals surface area (Å²) in [6.45, 7) is 9.09. The molecule has 176 valence electrons. The SMILES string of the molecule is CCNC(=NCC(c1ccc(OC)c(OC)c1)N1CCOCC1)NCCOCCOC. The van der Waals surface area contributed by atoms with E-state index in [9.17, 15) is 0 Å². The van der Waals surface area contributed by atoms with Gasteiger partial charge in [0, 0.05) is 33.3 Å². The zero-order valence-electron chi connectivity index (χ0n) is 19.3. The molecule has 9 nitrogen and oxygen atoms in total. The number of methoxy groups -OCH3 is 3. The number of nitrogens with zero attached hydrogens (tertiary/aromatic N) is 2. The Bertz CT molecular complexity index is 653. The molecule has 1 aliphatic heterocycles. The van der Waals surface area contributed by atoms with E-state index >= 15 is 0 Å². The van der Waals surface area contributed by atoms with Gasteiger partial charge >= 0.3 is 0 Å². The summed E-state index contributed by atoms with van der Waals surface area (Å²) in [6.07, 6.45) is 0. The number of ether oxygens (including phenoxy) is 5. The second-order valence-electron chi connectivity index (χ2n) is 7.03. The fraction of sp³-hybridized carbons (Fsp3) is 0.682. The van der Waals surface area contributed by atoms with Crippen molar-refractivity contribution < 1.29 is 23.7 Å². The molecule has 2 N–H and O–H groups in total. The van der Waals surface area contributed by atoms with Crippen LogP contribution in [-0.4, -0.2) is 97.9 Å². The Morgan fingerprint density at radius 1 is 1.06 bits per heavy atom. The van der Waals surface area contributed by atoms with Crippen molar-refractivity contribution in [3.63, 3.8) is 0 Å². The topological polar surface area (TPSA) is 85.8 Å². The molecular formula is C22H38N4O5. The molecule has 0 bridgehead atoms. The van der Waals surface area contributed by atoms with Gasteiger partial charge in [-0.1, -0.05) is 6.07 Å². The average molecular weight is 439 g/mol. The number of rotatable bonds is 13. The van der Waals surface area contributed by atoms with Gasteiger partial charge in [0.25, 0.3) is 0 Å². The summed E-state index contributed by atoms with van der Waals surface area (Å²) in [5.74, 6) is 2.22. The molecule has 1 aliphatic rings. The lowest BCUT2D eigenvalue weighted by Gasteiger charge is -2.34. The second kappa shape index (κ2) is 14.9. The Hall–Kier alpha value is -2.07. The molecule has 1 unspecified atom stereocenters. The van der Waals surface area contributed by atoms with Crippen LogP contribution in [0.1, 0.15) is 18.5 Å². The predicted octanol–water partition coefficient (Wildman–Crippen LogP) is 1.30. The first-order valence-electron chi connectivity index (χ1n) is 10.9. The van der Waals surface area contributed by atoms with Crippen LogP contribution in [0.3, 0.4) is 0 Å². The maximum Gasteiger partial charge on any atom is 0.191 e. The normalized spacial score (nSPS) is 16.1. The van der Waals surface area contributed by atoms with E-state index in [4.69, 9.17) is 28.7 Å². The van der Waals surface area contributed by atoms with Crippen LogP contribution in [-0.2, 0) is 14.2 Å². The minimum Gasteiger partial charge on any atom is -0.493 e. The number of morpholine rings is 1. The zero-order valence-corrected chi connectivity index (χ0v) is 19.3. The fourth-order valence-electron chi connectivity index (χ4n) is 3.39. The van der Waals surface area contributed by atoms with E-state index < -0.39 is 0 Å². The number of nitrogens with one attached hydrogen (secondary N) is 2. The minimum atomic E-state index is 0.108. The zero-order chi connectivity index (χ0) is 22.3. The number of hydrogen-bond donors (Lipinski definition) is 2. The van der Waals surface area contributed by atoms with Gasteiger partial charge in [0.2, 0.25) is 0 Å². The molecule has 0 saturated carbocycles. The molecule has 1 heterocycles. The molecule has 2 rings (SSSR count).